The predicted octanol–water partition coefficient (Wildman–Crippen LogP) is 3.84. The molecule has 1 aromatic heterocycles. The molecule has 0 spiro atoms. The summed E-state index contributed by atoms with van der Waals surface area (Å²) >= 11 is 3.43. The number of carboxylic acid groups (broad SMARTS) is 1. The molecule has 0 radical (unpaired) electrons. The molecule has 1 unspecified atom stereocenters. The zero-order chi connectivity index (χ0) is 19.8. The second kappa shape index (κ2) is 7.34. The van der Waals surface area contributed by atoms with E-state index < -0.39 is 29.8 Å². The molecule has 1 aliphatic rings. The first kappa shape index (κ1) is 19.4. The van der Waals surface area contributed by atoms with E-state index in [1.54, 1.807) is 27.0 Å². The Morgan fingerprint density at radius 2 is 2.04 bits per heavy atom. The Morgan fingerprint density at radius 3 is 2.70 bits per heavy atom. The van der Waals surface area contributed by atoms with Gasteiger partial charge in [-0.3, -0.25) is 4.90 Å². The molecule has 1 aliphatic heterocycles. The third-order valence-corrected chi connectivity index (χ3v) is 4.64. The fourth-order valence-electron chi connectivity index (χ4n) is 3.00. The Labute approximate surface area is 165 Å². The number of carbonyl (C=O) groups excluding carboxylic acids is 1. The van der Waals surface area contributed by atoms with Gasteiger partial charge in [0.25, 0.3) is 0 Å². The van der Waals surface area contributed by atoms with Crippen molar-refractivity contribution in [1.82, 2.24) is 9.88 Å². The number of aromatic nitrogens is 1. The second-order valence-electron chi connectivity index (χ2n) is 7.44. The van der Waals surface area contributed by atoms with Crippen LogP contribution in [0, 0.1) is 0 Å². The number of fused-ring (bicyclic) bond motifs is 1. The summed E-state index contributed by atoms with van der Waals surface area (Å²) in [6.45, 7) is 5.34. The first-order chi connectivity index (χ1) is 12.6. The van der Waals surface area contributed by atoms with Gasteiger partial charge in [0, 0.05) is 22.5 Å². The van der Waals surface area contributed by atoms with Gasteiger partial charge in [0.05, 0.1) is 6.54 Å². The molecule has 7 nitrogen and oxygen atoms in total. The molecule has 8 heteroatoms. The topological polar surface area (TPSA) is 89.0 Å². The summed E-state index contributed by atoms with van der Waals surface area (Å²) < 4.78 is 12.2. The lowest BCUT2D eigenvalue weighted by atomic mass is 10.1. The van der Waals surface area contributed by atoms with Crippen molar-refractivity contribution in [2.45, 2.75) is 44.9 Å². The van der Waals surface area contributed by atoms with Crippen LogP contribution in [0.25, 0.3) is 10.8 Å². The monoisotopic (exact) mass is 436 g/mol. The summed E-state index contributed by atoms with van der Waals surface area (Å²) in [5.41, 5.74) is -0.706. The number of amides is 1. The van der Waals surface area contributed by atoms with E-state index in [0.717, 1.165) is 15.2 Å². The zero-order valence-electron chi connectivity index (χ0n) is 15.3. The highest BCUT2D eigenvalue weighted by atomic mass is 79.9. The van der Waals surface area contributed by atoms with Crippen molar-refractivity contribution in [3.05, 3.63) is 34.9 Å². The standard InChI is InChI=1S/C19H21BrN2O5/c1-19(2,3)27-18(25)22-10-13(9-15(22)17(23)24)26-16-14-8-12(20)5-4-11(14)6-7-21-16/h4-8,13,15H,9-10H2,1-3H3,(H,23,24)/t13?,15-/m0/s1. The number of halogens is 1. The number of benzene rings is 1. The second-order valence-corrected chi connectivity index (χ2v) is 8.36. The van der Waals surface area contributed by atoms with E-state index in [1.807, 2.05) is 24.3 Å². The number of pyridine rings is 1. The first-order valence-corrected chi connectivity index (χ1v) is 9.37. The van der Waals surface area contributed by atoms with E-state index in [9.17, 15) is 14.7 Å². The Balaban J connectivity index is 1.82. The minimum absolute atomic E-state index is 0.123. The molecule has 3 rings (SSSR count). The number of rotatable bonds is 3. The molecule has 0 saturated carbocycles. The fraction of sp³-hybridized carbons (Fsp3) is 0.421. The maximum Gasteiger partial charge on any atom is 0.411 e. The van der Waals surface area contributed by atoms with Crippen LogP contribution in [0.5, 0.6) is 5.88 Å². The van der Waals surface area contributed by atoms with E-state index in [-0.39, 0.29) is 13.0 Å². The highest BCUT2D eigenvalue weighted by Crippen LogP contribution is 2.30. The molecule has 1 saturated heterocycles. The van der Waals surface area contributed by atoms with Crippen molar-refractivity contribution < 1.29 is 24.2 Å². The Morgan fingerprint density at radius 1 is 1.30 bits per heavy atom. The van der Waals surface area contributed by atoms with Crippen molar-refractivity contribution in [1.29, 1.82) is 0 Å². The summed E-state index contributed by atoms with van der Waals surface area (Å²) in [6.07, 6.45) is 0.659. The van der Waals surface area contributed by atoms with Gasteiger partial charge < -0.3 is 14.6 Å². The van der Waals surface area contributed by atoms with Crippen molar-refractivity contribution in [3.8, 4) is 5.88 Å². The molecule has 2 heterocycles. The van der Waals surface area contributed by atoms with E-state index in [1.165, 1.54) is 4.90 Å². The zero-order valence-corrected chi connectivity index (χ0v) is 16.9. The van der Waals surface area contributed by atoms with Gasteiger partial charge >= 0.3 is 12.1 Å². The number of hydrogen-bond donors (Lipinski definition) is 1. The average Bonchev–Trinajstić information content (AvgIpc) is 2.98. The number of ether oxygens (including phenoxy) is 2. The fourth-order valence-corrected chi connectivity index (χ4v) is 3.37. The first-order valence-electron chi connectivity index (χ1n) is 8.57. The van der Waals surface area contributed by atoms with E-state index in [4.69, 9.17) is 9.47 Å². The van der Waals surface area contributed by atoms with Crippen LogP contribution >= 0.6 is 15.9 Å². The van der Waals surface area contributed by atoms with Gasteiger partial charge in [0.2, 0.25) is 5.88 Å². The molecule has 1 fully saturated rings. The van der Waals surface area contributed by atoms with Gasteiger partial charge in [-0.2, -0.15) is 0 Å². The van der Waals surface area contributed by atoms with E-state index >= 15 is 0 Å². The van der Waals surface area contributed by atoms with Crippen LogP contribution in [0.2, 0.25) is 0 Å². The van der Waals surface area contributed by atoms with Gasteiger partial charge in [-0.25, -0.2) is 14.6 Å². The number of nitrogens with zero attached hydrogens (tertiary/aromatic N) is 2. The SMILES string of the molecule is CC(C)(C)OC(=O)N1CC(Oc2nccc3ccc(Br)cc23)C[C@H]1C(=O)O. The summed E-state index contributed by atoms with van der Waals surface area (Å²) in [6, 6.07) is 6.64. The van der Waals surface area contributed by atoms with Crippen LogP contribution in [-0.2, 0) is 9.53 Å². The van der Waals surface area contributed by atoms with Crippen LogP contribution in [-0.4, -0.2) is 51.3 Å². The van der Waals surface area contributed by atoms with Crippen molar-refractivity contribution >= 4 is 38.8 Å². The molecule has 27 heavy (non-hydrogen) atoms. The number of likely N-dealkylation sites (tertiary alicyclic amines) is 1. The van der Waals surface area contributed by atoms with Crippen LogP contribution in [0.3, 0.4) is 0 Å². The van der Waals surface area contributed by atoms with E-state index in [2.05, 4.69) is 20.9 Å². The minimum Gasteiger partial charge on any atom is -0.480 e. The van der Waals surface area contributed by atoms with Gasteiger partial charge in [-0.1, -0.05) is 22.0 Å². The molecule has 2 aromatic rings. The maximum absolute atomic E-state index is 12.4. The summed E-state index contributed by atoms with van der Waals surface area (Å²) in [5, 5.41) is 11.3. The van der Waals surface area contributed by atoms with Crippen molar-refractivity contribution in [2.75, 3.05) is 6.54 Å². The highest BCUT2D eigenvalue weighted by molar-refractivity contribution is 9.10. The van der Waals surface area contributed by atoms with Gasteiger partial charge in [-0.05, 0) is 44.4 Å². The molecule has 2 atom stereocenters. The molecule has 0 aliphatic carbocycles. The number of hydrogen-bond acceptors (Lipinski definition) is 5. The summed E-state index contributed by atoms with van der Waals surface area (Å²) in [5.74, 6) is -0.672. The summed E-state index contributed by atoms with van der Waals surface area (Å²) in [7, 11) is 0. The quantitative estimate of drug-likeness (QED) is 0.785. The lowest BCUT2D eigenvalue weighted by Gasteiger charge is -2.26. The average molecular weight is 437 g/mol. The van der Waals surface area contributed by atoms with Crippen LogP contribution in [0.1, 0.15) is 27.2 Å². The molecule has 144 valence electrons. The Kier molecular flexibility index (Phi) is 5.28. The number of carboxylic acids is 1. The van der Waals surface area contributed by atoms with Gasteiger partial charge in [0.1, 0.15) is 17.7 Å². The smallest absolute Gasteiger partial charge is 0.411 e. The van der Waals surface area contributed by atoms with Crippen molar-refractivity contribution in [3.63, 3.8) is 0 Å². The van der Waals surface area contributed by atoms with E-state index in [0.29, 0.717) is 5.88 Å². The van der Waals surface area contributed by atoms with Gasteiger partial charge in [-0.15, -0.1) is 0 Å². The predicted molar refractivity (Wildman–Crippen MR) is 103 cm³/mol. The molecule has 1 amide bonds. The Hall–Kier alpha value is -2.35. The molecular weight excluding hydrogens is 416 g/mol. The Bertz CT molecular complexity index is 880. The third-order valence-electron chi connectivity index (χ3n) is 4.15. The molecule has 1 N–H and O–H groups in total. The minimum atomic E-state index is -1.08. The van der Waals surface area contributed by atoms with Crippen LogP contribution in [0.4, 0.5) is 4.79 Å². The number of carbonyl (C=O) groups is 2. The lowest BCUT2D eigenvalue weighted by molar-refractivity contribution is -0.142. The summed E-state index contributed by atoms with van der Waals surface area (Å²) in [4.78, 5) is 29.5. The molecular formula is C19H21BrN2O5. The highest BCUT2D eigenvalue weighted by Gasteiger charge is 2.42. The third kappa shape index (κ3) is 4.50. The molecule has 0 bridgehead atoms. The van der Waals surface area contributed by atoms with Gasteiger partial charge in [0.15, 0.2) is 0 Å². The molecule has 1 aromatic carbocycles. The number of aliphatic carboxylic acids is 1. The van der Waals surface area contributed by atoms with Crippen LogP contribution in [0.15, 0.2) is 34.9 Å². The maximum atomic E-state index is 12.4. The normalized spacial score (nSPS) is 19.9. The van der Waals surface area contributed by atoms with Crippen LogP contribution < -0.4 is 4.74 Å². The lowest BCUT2D eigenvalue weighted by Crippen LogP contribution is -2.43. The van der Waals surface area contributed by atoms with Crippen molar-refractivity contribution in [2.24, 2.45) is 0 Å². The largest absolute Gasteiger partial charge is 0.480 e.